The van der Waals surface area contributed by atoms with Gasteiger partial charge in [-0.3, -0.25) is 4.79 Å². The number of rotatable bonds is 1. The molecule has 62 valence electrons. The summed E-state index contributed by atoms with van der Waals surface area (Å²) in [6.07, 6.45) is 0.279. The molecule has 1 saturated heterocycles. The highest BCUT2D eigenvalue weighted by molar-refractivity contribution is 5.85. The number of carboxylic acid groups (broad SMARTS) is 1. The van der Waals surface area contributed by atoms with Gasteiger partial charge in [-0.1, -0.05) is 0 Å². The van der Waals surface area contributed by atoms with Crippen molar-refractivity contribution >= 4 is 12.0 Å². The lowest BCUT2D eigenvalue weighted by Gasteiger charge is -2.20. The number of carbonyl (C=O) groups excluding carboxylic acids is 1. The molecular formula is C6H10N2O3. The topological polar surface area (TPSA) is 78.4 Å². The van der Waals surface area contributed by atoms with Gasteiger partial charge in [-0.05, 0) is 12.8 Å². The third-order valence-electron chi connectivity index (χ3n) is 1.58. The van der Waals surface area contributed by atoms with Crippen LogP contribution in [0.15, 0.2) is 0 Å². The molecule has 5 heteroatoms. The van der Waals surface area contributed by atoms with Crippen molar-refractivity contribution in [3.05, 3.63) is 0 Å². The molecule has 0 aliphatic carbocycles. The van der Waals surface area contributed by atoms with Crippen molar-refractivity contribution in [2.24, 2.45) is 0 Å². The highest BCUT2D eigenvalue weighted by Gasteiger charge is 2.22. The smallest absolute Gasteiger partial charge is 0.405 e. The quantitative estimate of drug-likeness (QED) is 0.483. The standard InChI is InChI=1S/C6H10N2O3/c9-5-4(8-6(10)11)2-1-3-7-5/h4,8H,1-3H2,(H,7,9)(H,10,11)/t4-/m0/s1. The highest BCUT2D eigenvalue weighted by Crippen LogP contribution is 2.01. The molecule has 0 saturated carbocycles. The van der Waals surface area contributed by atoms with Crippen LogP contribution in [0.25, 0.3) is 0 Å². The second-order valence-corrected chi connectivity index (χ2v) is 2.44. The minimum absolute atomic E-state index is 0.223. The van der Waals surface area contributed by atoms with E-state index in [1.807, 2.05) is 0 Å². The Kier molecular flexibility index (Phi) is 2.30. The van der Waals surface area contributed by atoms with E-state index >= 15 is 0 Å². The van der Waals surface area contributed by atoms with Gasteiger partial charge in [0.1, 0.15) is 6.04 Å². The van der Waals surface area contributed by atoms with Crippen LogP contribution in [0.1, 0.15) is 12.8 Å². The van der Waals surface area contributed by atoms with Gasteiger partial charge in [0.05, 0.1) is 0 Å². The molecule has 11 heavy (non-hydrogen) atoms. The van der Waals surface area contributed by atoms with Crippen LogP contribution in [-0.4, -0.2) is 29.7 Å². The minimum Gasteiger partial charge on any atom is -0.465 e. The van der Waals surface area contributed by atoms with Crippen molar-refractivity contribution in [3.8, 4) is 0 Å². The largest absolute Gasteiger partial charge is 0.465 e. The van der Waals surface area contributed by atoms with E-state index in [9.17, 15) is 9.59 Å². The third-order valence-corrected chi connectivity index (χ3v) is 1.58. The molecule has 0 radical (unpaired) electrons. The number of piperidine rings is 1. The van der Waals surface area contributed by atoms with Gasteiger partial charge < -0.3 is 15.7 Å². The second kappa shape index (κ2) is 3.23. The van der Waals surface area contributed by atoms with Crippen LogP contribution < -0.4 is 10.6 Å². The van der Waals surface area contributed by atoms with E-state index in [4.69, 9.17) is 5.11 Å². The fraction of sp³-hybridized carbons (Fsp3) is 0.667. The first-order chi connectivity index (χ1) is 5.20. The monoisotopic (exact) mass is 158 g/mol. The van der Waals surface area contributed by atoms with Crippen LogP contribution in [0.3, 0.4) is 0 Å². The molecule has 1 aliphatic heterocycles. The summed E-state index contributed by atoms with van der Waals surface area (Å²) in [5.74, 6) is -0.223. The molecule has 1 heterocycles. The maximum absolute atomic E-state index is 10.9. The van der Waals surface area contributed by atoms with E-state index in [0.717, 1.165) is 6.42 Å². The zero-order chi connectivity index (χ0) is 8.27. The van der Waals surface area contributed by atoms with E-state index in [-0.39, 0.29) is 5.91 Å². The number of amides is 2. The third kappa shape index (κ3) is 2.10. The number of carbonyl (C=O) groups is 2. The van der Waals surface area contributed by atoms with Crippen LogP contribution in [0.2, 0.25) is 0 Å². The van der Waals surface area contributed by atoms with E-state index in [2.05, 4.69) is 10.6 Å². The van der Waals surface area contributed by atoms with E-state index < -0.39 is 12.1 Å². The first-order valence-electron chi connectivity index (χ1n) is 3.47. The lowest BCUT2D eigenvalue weighted by atomic mass is 10.1. The highest BCUT2D eigenvalue weighted by atomic mass is 16.4. The second-order valence-electron chi connectivity index (χ2n) is 2.44. The fourth-order valence-corrected chi connectivity index (χ4v) is 1.06. The van der Waals surface area contributed by atoms with Gasteiger partial charge in [-0.15, -0.1) is 0 Å². The number of hydrogen-bond acceptors (Lipinski definition) is 2. The van der Waals surface area contributed by atoms with Gasteiger partial charge in [0.25, 0.3) is 0 Å². The summed E-state index contributed by atoms with van der Waals surface area (Å²) < 4.78 is 0. The normalized spacial score (nSPS) is 24.0. The Morgan fingerprint density at radius 3 is 3.00 bits per heavy atom. The SMILES string of the molecule is O=C(O)N[C@H]1CCCNC1=O. The lowest BCUT2D eigenvalue weighted by Crippen LogP contribution is -2.49. The summed E-state index contributed by atoms with van der Waals surface area (Å²) in [5.41, 5.74) is 0. The van der Waals surface area contributed by atoms with Crippen LogP contribution in [0, 0.1) is 0 Å². The molecule has 1 atom stereocenters. The first kappa shape index (κ1) is 7.84. The van der Waals surface area contributed by atoms with Crippen molar-refractivity contribution in [2.45, 2.75) is 18.9 Å². The maximum Gasteiger partial charge on any atom is 0.405 e. The van der Waals surface area contributed by atoms with Crippen LogP contribution in [-0.2, 0) is 4.79 Å². The summed E-state index contributed by atoms with van der Waals surface area (Å²) in [6.45, 7) is 0.649. The Bertz CT molecular complexity index is 181. The lowest BCUT2D eigenvalue weighted by molar-refractivity contribution is -0.124. The van der Waals surface area contributed by atoms with Gasteiger partial charge >= 0.3 is 6.09 Å². The Hall–Kier alpha value is -1.26. The summed E-state index contributed by atoms with van der Waals surface area (Å²) in [6, 6.07) is -0.554. The zero-order valence-electron chi connectivity index (χ0n) is 5.96. The molecule has 1 rings (SSSR count). The Labute approximate surface area is 63.8 Å². The van der Waals surface area contributed by atoms with Crippen LogP contribution in [0.5, 0.6) is 0 Å². The summed E-state index contributed by atoms with van der Waals surface area (Å²) >= 11 is 0. The molecule has 0 spiro atoms. The Morgan fingerprint density at radius 2 is 2.45 bits per heavy atom. The number of nitrogens with one attached hydrogen (secondary N) is 2. The van der Waals surface area contributed by atoms with Gasteiger partial charge in [0.2, 0.25) is 5.91 Å². The summed E-state index contributed by atoms with van der Waals surface area (Å²) in [4.78, 5) is 21.0. The van der Waals surface area contributed by atoms with Crippen molar-refractivity contribution in [1.29, 1.82) is 0 Å². The molecule has 0 aromatic carbocycles. The van der Waals surface area contributed by atoms with Gasteiger partial charge in [0.15, 0.2) is 0 Å². The molecule has 2 amide bonds. The average molecular weight is 158 g/mol. The van der Waals surface area contributed by atoms with Gasteiger partial charge in [-0.25, -0.2) is 4.79 Å². The summed E-state index contributed by atoms with van der Waals surface area (Å²) in [7, 11) is 0. The van der Waals surface area contributed by atoms with E-state index in [0.29, 0.717) is 13.0 Å². The van der Waals surface area contributed by atoms with E-state index in [1.54, 1.807) is 0 Å². The average Bonchev–Trinajstić information content (AvgIpc) is 1.93. The molecule has 0 bridgehead atoms. The molecule has 5 nitrogen and oxygen atoms in total. The predicted molar refractivity (Wildman–Crippen MR) is 37.2 cm³/mol. The molecule has 3 N–H and O–H groups in total. The molecule has 0 aromatic rings. The molecule has 1 aliphatic rings. The van der Waals surface area contributed by atoms with Crippen molar-refractivity contribution in [1.82, 2.24) is 10.6 Å². The van der Waals surface area contributed by atoms with Crippen molar-refractivity contribution < 1.29 is 14.7 Å². The van der Waals surface area contributed by atoms with Crippen LogP contribution in [0.4, 0.5) is 4.79 Å². The summed E-state index contributed by atoms with van der Waals surface area (Å²) in [5, 5.41) is 13.0. The molecule has 0 unspecified atom stereocenters. The molecule has 1 fully saturated rings. The van der Waals surface area contributed by atoms with Gasteiger partial charge in [-0.2, -0.15) is 0 Å². The van der Waals surface area contributed by atoms with Crippen LogP contribution >= 0.6 is 0 Å². The number of hydrogen-bond donors (Lipinski definition) is 3. The molecule has 0 aromatic heterocycles. The van der Waals surface area contributed by atoms with E-state index in [1.165, 1.54) is 0 Å². The Morgan fingerprint density at radius 1 is 1.73 bits per heavy atom. The maximum atomic E-state index is 10.9. The predicted octanol–water partition coefficient (Wildman–Crippen LogP) is -0.467. The first-order valence-corrected chi connectivity index (χ1v) is 3.47. The zero-order valence-corrected chi connectivity index (χ0v) is 5.96. The van der Waals surface area contributed by atoms with Crippen molar-refractivity contribution in [3.63, 3.8) is 0 Å². The van der Waals surface area contributed by atoms with Crippen molar-refractivity contribution in [2.75, 3.05) is 6.54 Å². The minimum atomic E-state index is -1.15. The molecular weight excluding hydrogens is 148 g/mol. The fourth-order valence-electron chi connectivity index (χ4n) is 1.06. The Balaban J connectivity index is 2.42. The van der Waals surface area contributed by atoms with Gasteiger partial charge in [0, 0.05) is 6.54 Å².